The topological polar surface area (TPSA) is 49.2 Å². The summed E-state index contributed by atoms with van der Waals surface area (Å²) >= 11 is 1.56. The molecular weight excluding hydrogens is 258 g/mol. The van der Waals surface area contributed by atoms with E-state index in [1.807, 2.05) is 25.4 Å². The lowest BCUT2D eigenvalue weighted by Crippen LogP contribution is -2.16. The molecule has 0 aromatic carbocycles. The second kappa shape index (κ2) is 6.12. The molecule has 1 N–H and O–H groups in total. The zero-order valence-electron chi connectivity index (χ0n) is 11.5. The summed E-state index contributed by atoms with van der Waals surface area (Å²) in [6.45, 7) is 5.02. The maximum absolute atomic E-state index is 9.39. The molecule has 102 valence electrons. The Morgan fingerprint density at radius 2 is 2.21 bits per heavy atom. The molecule has 0 spiro atoms. The SMILES string of the molecule is CC(C)c1nc(N(C)Cc2cccnc2)sc1CO. The molecule has 2 rings (SSSR count). The summed E-state index contributed by atoms with van der Waals surface area (Å²) in [7, 11) is 2.01. The van der Waals surface area contributed by atoms with Crippen molar-refractivity contribution in [2.75, 3.05) is 11.9 Å². The summed E-state index contributed by atoms with van der Waals surface area (Å²) in [5.74, 6) is 0.332. The van der Waals surface area contributed by atoms with Gasteiger partial charge in [-0.1, -0.05) is 31.3 Å². The van der Waals surface area contributed by atoms with E-state index >= 15 is 0 Å². The normalized spacial score (nSPS) is 11.0. The Bertz CT molecular complexity index is 525. The van der Waals surface area contributed by atoms with E-state index in [1.54, 1.807) is 17.5 Å². The molecule has 0 aliphatic rings. The van der Waals surface area contributed by atoms with Gasteiger partial charge in [-0.3, -0.25) is 4.98 Å². The predicted molar refractivity (Wildman–Crippen MR) is 78.5 cm³/mol. The molecule has 0 aliphatic carbocycles. The van der Waals surface area contributed by atoms with Crippen LogP contribution in [0.25, 0.3) is 0 Å². The van der Waals surface area contributed by atoms with E-state index < -0.39 is 0 Å². The van der Waals surface area contributed by atoms with E-state index in [4.69, 9.17) is 0 Å². The van der Waals surface area contributed by atoms with E-state index in [9.17, 15) is 5.11 Å². The Labute approximate surface area is 117 Å². The van der Waals surface area contributed by atoms with Gasteiger partial charge in [0, 0.05) is 26.0 Å². The number of anilines is 1. The summed E-state index contributed by atoms with van der Waals surface area (Å²) < 4.78 is 0. The maximum Gasteiger partial charge on any atom is 0.185 e. The van der Waals surface area contributed by atoms with Gasteiger partial charge in [0.1, 0.15) is 0 Å². The van der Waals surface area contributed by atoms with Crippen molar-refractivity contribution >= 4 is 16.5 Å². The highest BCUT2D eigenvalue weighted by molar-refractivity contribution is 7.15. The van der Waals surface area contributed by atoms with Gasteiger partial charge in [-0.15, -0.1) is 0 Å². The van der Waals surface area contributed by atoms with Crippen LogP contribution in [-0.4, -0.2) is 22.1 Å². The number of rotatable bonds is 5. The molecule has 4 nitrogen and oxygen atoms in total. The fourth-order valence-corrected chi connectivity index (χ4v) is 2.95. The van der Waals surface area contributed by atoms with Crippen molar-refractivity contribution in [1.29, 1.82) is 0 Å². The maximum atomic E-state index is 9.39. The lowest BCUT2D eigenvalue weighted by atomic mass is 10.1. The van der Waals surface area contributed by atoms with Crippen molar-refractivity contribution < 1.29 is 5.11 Å². The Balaban J connectivity index is 2.17. The van der Waals surface area contributed by atoms with E-state index in [0.29, 0.717) is 5.92 Å². The molecule has 2 heterocycles. The summed E-state index contributed by atoms with van der Waals surface area (Å²) in [5, 5.41) is 10.3. The van der Waals surface area contributed by atoms with Crippen molar-refractivity contribution in [1.82, 2.24) is 9.97 Å². The molecule has 0 saturated heterocycles. The second-order valence-electron chi connectivity index (χ2n) is 4.84. The van der Waals surface area contributed by atoms with Gasteiger partial charge in [-0.25, -0.2) is 4.98 Å². The van der Waals surface area contributed by atoms with Gasteiger partial charge in [-0.05, 0) is 17.5 Å². The third-order valence-corrected chi connectivity index (χ3v) is 4.05. The van der Waals surface area contributed by atoms with E-state index in [-0.39, 0.29) is 6.61 Å². The first-order valence-electron chi connectivity index (χ1n) is 6.32. The standard InChI is InChI=1S/C14H19N3OS/c1-10(2)13-12(9-18)19-14(16-13)17(3)8-11-5-4-6-15-7-11/h4-7,10,18H,8-9H2,1-3H3. The first kappa shape index (κ1) is 14.0. The minimum atomic E-state index is 0.0614. The largest absolute Gasteiger partial charge is 0.391 e. The fraction of sp³-hybridized carbons (Fsp3) is 0.429. The molecule has 0 saturated carbocycles. The summed E-state index contributed by atoms with van der Waals surface area (Å²) in [6.07, 6.45) is 3.63. The summed E-state index contributed by atoms with van der Waals surface area (Å²) in [6, 6.07) is 3.98. The average molecular weight is 277 g/mol. The van der Waals surface area contributed by atoms with Gasteiger partial charge in [-0.2, -0.15) is 0 Å². The molecule has 19 heavy (non-hydrogen) atoms. The van der Waals surface area contributed by atoms with Crippen LogP contribution in [0.15, 0.2) is 24.5 Å². The Kier molecular flexibility index (Phi) is 4.50. The molecule has 2 aromatic heterocycles. The number of hydrogen-bond acceptors (Lipinski definition) is 5. The quantitative estimate of drug-likeness (QED) is 0.913. The summed E-state index contributed by atoms with van der Waals surface area (Å²) in [4.78, 5) is 11.8. The summed E-state index contributed by atoms with van der Waals surface area (Å²) in [5.41, 5.74) is 2.15. The van der Waals surface area contributed by atoms with Gasteiger partial charge in [0.25, 0.3) is 0 Å². The monoisotopic (exact) mass is 277 g/mol. The van der Waals surface area contributed by atoms with Crippen LogP contribution in [0, 0.1) is 0 Å². The van der Waals surface area contributed by atoms with Crippen molar-refractivity contribution in [3.63, 3.8) is 0 Å². The Hall–Kier alpha value is -1.46. The van der Waals surface area contributed by atoms with Crippen LogP contribution in [-0.2, 0) is 13.2 Å². The molecule has 0 atom stereocenters. The molecule has 2 aromatic rings. The van der Waals surface area contributed by atoms with Gasteiger partial charge in [0.05, 0.1) is 17.2 Å². The van der Waals surface area contributed by atoms with Crippen molar-refractivity contribution in [3.05, 3.63) is 40.7 Å². The average Bonchev–Trinajstić information content (AvgIpc) is 2.84. The Morgan fingerprint density at radius 1 is 1.42 bits per heavy atom. The number of hydrogen-bond donors (Lipinski definition) is 1. The van der Waals surface area contributed by atoms with Crippen LogP contribution in [0.1, 0.15) is 35.9 Å². The number of thiazole rings is 1. The van der Waals surface area contributed by atoms with Crippen molar-refractivity contribution in [2.24, 2.45) is 0 Å². The van der Waals surface area contributed by atoms with Gasteiger partial charge < -0.3 is 10.0 Å². The molecule has 0 aliphatic heterocycles. The molecule has 5 heteroatoms. The van der Waals surface area contributed by atoms with Crippen molar-refractivity contribution in [3.8, 4) is 0 Å². The lowest BCUT2D eigenvalue weighted by molar-refractivity contribution is 0.283. The van der Waals surface area contributed by atoms with Crippen LogP contribution in [0.5, 0.6) is 0 Å². The number of nitrogens with zero attached hydrogens (tertiary/aromatic N) is 3. The highest BCUT2D eigenvalue weighted by atomic mass is 32.1. The zero-order chi connectivity index (χ0) is 13.8. The van der Waals surface area contributed by atoms with Crippen LogP contribution in [0.2, 0.25) is 0 Å². The minimum Gasteiger partial charge on any atom is -0.391 e. The Morgan fingerprint density at radius 3 is 2.74 bits per heavy atom. The van der Waals surface area contributed by atoms with Crippen LogP contribution in [0.4, 0.5) is 5.13 Å². The lowest BCUT2D eigenvalue weighted by Gasteiger charge is -2.15. The van der Waals surface area contributed by atoms with Crippen LogP contribution < -0.4 is 4.90 Å². The van der Waals surface area contributed by atoms with Gasteiger partial charge in [0.15, 0.2) is 5.13 Å². The number of aliphatic hydroxyl groups excluding tert-OH is 1. The first-order valence-corrected chi connectivity index (χ1v) is 7.14. The molecule has 0 bridgehead atoms. The smallest absolute Gasteiger partial charge is 0.185 e. The van der Waals surface area contributed by atoms with Gasteiger partial charge in [0.2, 0.25) is 0 Å². The van der Waals surface area contributed by atoms with E-state index in [2.05, 4.69) is 28.7 Å². The molecule has 0 amide bonds. The third kappa shape index (κ3) is 3.30. The van der Waals surface area contributed by atoms with Crippen LogP contribution in [0.3, 0.4) is 0 Å². The molecule has 0 unspecified atom stereocenters. The fourth-order valence-electron chi connectivity index (χ4n) is 1.91. The predicted octanol–water partition coefficient (Wildman–Crippen LogP) is 2.79. The van der Waals surface area contributed by atoms with Crippen molar-refractivity contribution in [2.45, 2.75) is 32.9 Å². The molecular formula is C14H19N3OS. The number of pyridine rings is 1. The minimum absolute atomic E-state index is 0.0614. The van der Waals surface area contributed by atoms with Crippen LogP contribution >= 0.6 is 11.3 Å². The highest BCUT2D eigenvalue weighted by Gasteiger charge is 2.16. The number of aromatic nitrogens is 2. The molecule has 0 radical (unpaired) electrons. The van der Waals surface area contributed by atoms with Gasteiger partial charge >= 0.3 is 0 Å². The number of aliphatic hydroxyl groups is 1. The van der Waals surface area contributed by atoms with E-state index in [1.165, 1.54) is 0 Å². The molecule has 0 fully saturated rings. The zero-order valence-corrected chi connectivity index (χ0v) is 12.3. The second-order valence-corrected chi connectivity index (χ2v) is 5.90. The van der Waals surface area contributed by atoms with E-state index in [0.717, 1.165) is 27.8 Å². The highest BCUT2D eigenvalue weighted by Crippen LogP contribution is 2.30. The third-order valence-electron chi connectivity index (χ3n) is 2.88. The first-order chi connectivity index (χ1) is 9.11.